The third-order valence-corrected chi connectivity index (χ3v) is 5.04. The van der Waals surface area contributed by atoms with E-state index < -0.39 is 17.8 Å². The van der Waals surface area contributed by atoms with Gasteiger partial charge in [-0.15, -0.1) is 0 Å². The molecule has 8 nitrogen and oxygen atoms in total. The molecule has 2 aromatic carbocycles. The molecule has 0 fully saturated rings. The Labute approximate surface area is 190 Å². The summed E-state index contributed by atoms with van der Waals surface area (Å²) in [5.74, 6) is 0.867. The van der Waals surface area contributed by atoms with Crippen LogP contribution in [0, 0.1) is 0 Å². The molecule has 1 N–H and O–H groups in total. The zero-order valence-corrected chi connectivity index (χ0v) is 17.7. The van der Waals surface area contributed by atoms with E-state index in [0.29, 0.717) is 39.6 Å². The molecular weight excluding hydrogens is 453 g/mol. The highest BCUT2D eigenvalue weighted by Crippen LogP contribution is 2.37. The van der Waals surface area contributed by atoms with Crippen molar-refractivity contribution in [2.24, 2.45) is 0 Å². The highest BCUT2D eigenvalue weighted by Gasteiger charge is 2.36. The molecule has 0 saturated heterocycles. The molecule has 174 valence electrons. The summed E-state index contributed by atoms with van der Waals surface area (Å²) >= 11 is 0. The van der Waals surface area contributed by atoms with E-state index in [9.17, 15) is 18.0 Å². The van der Waals surface area contributed by atoms with Crippen molar-refractivity contribution >= 4 is 17.2 Å². The molecule has 0 spiro atoms. The molecule has 0 saturated carbocycles. The number of aromatic nitrogens is 3. The van der Waals surface area contributed by atoms with E-state index in [1.165, 1.54) is 6.07 Å². The first kappa shape index (κ1) is 21.6. The van der Waals surface area contributed by atoms with Gasteiger partial charge in [0.05, 0.1) is 12.3 Å². The molecule has 1 aliphatic heterocycles. The third-order valence-electron chi connectivity index (χ3n) is 5.04. The van der Waals surface area contributed by atoms with Crippen LogP contribution in [0.1, 0.15) is 23.1 Å². The molecule has 1 aliphatic rings. The minimum absolute atomic E-state index is 0.0362. The summed E-state index contributed by atoms with van der Waals surface area (Å²) < 4.78 is 58.1. The van der Waals surface area contributed by atoms with Crippen LogP contribution in [0.4, 0.5) is 18.9 Å². The number of hydrogen-bond donors (Lipinski definition) is 1. The lowest BCUT2D eigenvalue weighted by atomic mass is 10.1. The van der Waals surface area contributed by atoms with Gasteiger partial charge in [-0.05, 0) is 55.5 Å². The minimum atomic E-state index is -4.73. The highest BCUT2D eigenvalue weighted by atomic mass is 19.4. The lowest BCUT2D eigenvalue weighted by Gasteiger charge is -2.11. The largest absolute Gasteiger partial charge is 0.494 e. The Morgan fingerprint density at radius 3 is 2.59 bits per heavy atom. The maximum Gasteiger partial charge on any atom is 0.433 e. The van der Waals surface area contributed by atoms with Crippen LogP contribution < -0.4 is 19.5 Å². The van der Waals surface area contributed by atoms with E-state index in [2.05, 4.69) is 15.4 Å². The number of nitrogens with zero attached hydrogens (tertiary/aromatic N) is 3. The number of alkyl halides is 3. The molecule has 34 heavy (non-hydrogen) atoms. The summed E-state index contributed by atoms with van der Waals surface area (Å²) in [7, 11) is 0. The van der Waals surface area contributed by atoms with Gasteiger partial charge in [-0.1, -0.05) is 0 Å². The standard InChI is InChI=1S/C23H17F3N4O4/c1-2-32-15-6-4-14(5-7-15)27-22(31)17-11-21-28-16(10-20(23(24,25)26)30(21)29-17)13-3-8-18-19(9-13)34-12-33-18/h3-11H,2,12H2,1H3,(H,27,31). The maximum atomic E-state index is 13.8. The van der Waals surface area contributed by atoms with Gasteiger partial charge in [0.25, 0.3) is 5.91 Å². The van der Waals surface area contributed by atoms with Gasteiger partial charge in [0.15, 0.2) is 28.5 Å². The van der Waals surface area contributed by atoms with Gasteiger partial charge in [-0.3, -0.25) is 4.79 Å². The van der Waals surface area contributed by atoms with Crippen molar-refractivity contribution in [1.82, 2.24) is 14.6 Å². The van der Waals surface area contributed by atoms with Gasteiger partial charge >= 0.3 is 6.18 Å². The Balaban J connectivity index is 1.50. The predicted octanol–water partition coefficient (Wildman–Crippen LogP) is 4.79. The molecule has 0 bridgehead atoms. The first-order valence-electron chi connectivity index (χ1n) is 10.2. The monoisotopic (exact) mass is 470 g/mol. The first-order valence-corrected chi connectivity index (χ1v) is 10.2. The number of halogens is 3. The lowest BCUT2D eigenvalue weighted by molar-refractivity contribution is -0.142. The molecule has 2 aromatic heterocycles. The van der Waals surface area contributed by atoms with Crippen molar-refractivity contribution < 1.29 is 32.2 Å². The number of amides is 1. The number of ether oxygens (including phenoxy) is 3. The quantitative estimate of drug-likeness (QED) is 0.451. The third kappa shape index (κ3) is 4.07. The number of nitrogens with one attached hydrogen (secondary N) is 1. The molecule has 0 unspecified atom stereocenters. The summed E-state index contributed by atoms with van der Waals surface area (Å²) in [6.07, 6.45) is -4.73. The molecule has 4 aromatic rings. The Kier molecular flexibility index (Phi) is 5.23. The van der Waals surface area contributed by atoms with Gasteiger partial charge < -0.3 is 19.5 Å². The van der Waals surface area contributed by atoms with Gasteiger partial charge in [-0.25, -0.2) is 9.50 Å². The van der Waals surface area contributed by atoms with E-state index >= 15 is 0 Å². The second-order valence-electron chi connectivity index (χ2n) is 7.30. The van der Waals surface area contributed by atoms with Crippen LogP contribution >= 0.6 is 0 Å². The smallest absolute Gasteiger partial charge is 0.433 e. The number of rotatable bonds is 5. The van der Waals surface area contributed by atoms with Gasteiger partial charge in [0.1, 0.15) is 5.75 Å². The zero-order valence-electron chi connectivity index (χ0n) is 17.7. The molecule has 0 radical (unpaired) electrons. The summed E-state index contributed by atoms with van der Waals surface area (Å²) in [6, 6.07) is 13.4. The topological polar surface area (TPSA) is 87.0 Å². The van der Waals surface area contributed by atoms with Gasteiger partial charge in [-0.2, -0.15) is 18.3 Å². The summed E-state index contributed by atoms with van der Waals surface area (Å²) in [5.41, 5.74) is -0.509. The number of carbonyl (C=O) groups is 1. The summed E-state index contributed by atoms with van der Waals surface area (Å²) in [4.78, 5) is 17.0. The second-order valence-corrected chi connectivity index (χ2v) is 7.30. The minimum Gasteiger partial charge on any atom is -0.494 e. The van der Waals surface area contributed by atoms with Crippen LogP contribution in [0.2, 0.25) is 0 Å². The molecule has 0 aliphatic carbocycles. The fourth-order valence-electron chi connectivity index (χ4n) is 3.49. The Morgan fingerprint density at radius 1 is 1.09 bits per heavy atom. The zero-order chi connectivity index (χ0) is 23.9. The average Bonchev–Trinajstić information content (AvgIpc) is 3.45. The summed E-state index contributed by atoms with van der Waals surface area (Å²) in [5, 5.41) is 6.48. The van der Waals surface area contributed by atoms with Crippen molar-refractivity contribution in [3.8, 4) is 28.5 Å². The fraction of sp³-hybridized carbons (Fsp3) is 0.174. The predicted molar refractivity (Wildman–Crippen MR) is 115 cm³/mol. The number of carbonyl (C=O) groups excluding carboxylic acids is 1. The van der Waals surface area contributed by atoms with Crippen molar-refractivity contribution in [1.29, 1.82) is 0 Å². The van der Waals surface area contributed by atoms with Gasteiger partial charge in [0, 0.05) is 17.3 Å². The highest BCUT2D eigenvalue weighted by molar-refractivity contribution is 6.03. The van der Waals surface area contributed by atoms with E-state index in [1.807, 2.05) is 6.92 Å². The number of hydrogen-bond acceptors (Lipinski definition) is 6. The van der Waals surface area contributed by atoms with Crippen molar-refractivity contribution in [2.75, 3.05) is 18.7 Å². The van der Waals surface area contributed by atoms with E-state index in [0.717, 1.165) is 6.07 Å². The number of fused-ring (bicyclic) bond motifs is 2. The molecule has 3 heterocycles. The van der Waals surface area contributed by atoms with Crippen LogP contribution in [0.5, 0.6) is 17.2 Å². The van der Waals surface area contributed by atoms with E-state index in [-0.39, 0.29) is 23.8 Å². The van der Waals surface area contributed by atoms with E-state index in [1.54, 1.807) is 42.5 Å². The fourth-order valence-corrected chi connectivity index (χ4v) is 3.49. The first-order chi connectivity index (χ1) is 16.3. The Hall–Kier alpha value is -4.28. The molecule has 1 amide bonds. The average molecular weight is 470 g/mol. The van der Waals surface area contributed by atoms with Crippen LogP contribution in [-0.4, -0.2) is 33.9 Å². The van der Waals surface area contributed by atoms with Crippen LogP contribution in [-0.2, 0) is 6.18 Å². The van der Waals surface area contributed by atoms with E-state index in [4.69, 9.17) is 14.2 Å². The SMILES string of the molecule is CCOc1ccc(NC(=O)c2cc3nc(-c4ccc5c(c4)OCO5)cc(C(F)(F)F)n3n2)cc1. The number of benzene rings is 2. The van der Waals surface area contributed by atoms with Crippen LogP contribution in [0.15, 0.2) is 54.6 Å². The summed E-state index contributed by atoms with van der Waals surface area (Å²) in [6.45, 7) is 2.38. The van der Waals surface area contributed by atoms with Crippen molar-refractivity contribution in [3.05, 3.63) is 66.0 Å². The maximum absolute atomic E-state index is 13.8. The van der Waals surface area contributed by atoms with Crippen LogP contribution in [0.3, 0.4) is 0 Å². The normalized spacial score (nSPS) is 12.7. The molecule has 11 heteroatoms. The Morgan fingerprint density at radius 2 is 1.85 bits per heavy atom. The second kappa shape index (κ2) is 8.25. The molecule has 5 rings (SSSR count). The van der Waals surface area contributed by atoms with Crippen LogP contribution in [0.25, 0.3) is 16.9 Å². The molecular formula is C23H17F3N4O4. The Bertz CT molecular complexity index is 1380. The molecule has 0 atom stereocenters. The number of anilines is 1. The van der Waals surface area contributed by atoms with Crippen molar-refractivity contribution in [3.63, 3.8) is 0 Å². The van der Waals surface area contributed by atoms with Crippen molar-refractivity contribution in [2.45, 2.75) is 13.1 Å². The lowest BCUT2D eigenvalue weighted by Crippen LogP contribution is -2.15. The van der Waals surface area contributed by atoms with Gasteiger partial charge in [0.2, 0.25) is 6.79 Å².